The Bertz CT molecular complexity index is 633. The zero-order valence-corrected chi connectivity index (χ0v) is 10.9. The summed E-state index contributed by atoms with van der Waals surface area (Å²) >= 11 is 0. The first-order valence-electron chi connectivity index (χ1n) is 6.32. The van der Waals surface area contributed by atoms with Crippen molar-refractivity contribution in [2.24, 2.45) is 0 Å². The lowest BCUT2D eigenvalue weighted by molar-refractivity contribution is -0.256. The van der Waals surface area contributed by atoms with Crippen LogP contribution in [0.25, 0.3) is 0 Å². The van der Waals surface area contributed by atoms with E-state index in [1.165, 1.54) is 16.8 Å². The van der Waals surface area contributed by atoms with Crippen LogP contribution in [-0.2, 0) is 14.2 Å². The Morgan fingerprint density at radius 2 is 2.20 bits per heavy atom. The Labute approximate surface area is 113 Å². The van der Waals surface area contributed by atoms with Gasteiger partial charge in [-0.25, -0.2) is 4.39 Å². The summed E-state index contributed by atoms with van der Waals surface area (Å²) in [5, 5.41) is 0. The molecule has 0 amide bonds. The maximum atomic E-state index is 14.9. The minimum Gasteiger partial charge on any atom is -0.458 e. The molecule has 0 aromatic carbocycles. The average molecular weight is 284 g/mol. The standard InChI is InChI=1S/C12H13FN2O5/c1-11(2)18-7-8(19-11)12(13)5-17-10-14-6(16)3-4-15(10)9(7)20-12/h3-4,7-9H,5H2,1-2H3. The van der Waals surface area contributed by atoms with Gasteiger partial charge in [-0.05, 0) is 13.8 Å². The Morgan fingerprint density at radius 1 is 1.40 bits per heavy atom. The van der Waals surface area contributed by atoms with E-state index in [1.54, 1.807) is 13.8 Å². The van der Waals surface area contributed by atoms with E-state index in [-0.39, 0.29) is 6.01 Å². The molecule has 0 radical (unpaired) electrons. The maximum absolute atomic E-state index is 14.9. The fourth-order valence-corrected chi connectivity index (χ4v) is 2.86. The Kier molecular flexibility index (Phi) is 2.19. The number of halogens is 1. The summed E-state index contributed by atoms with van der Waals surface area (Å²) in [6, 6.07) is 1.28. The van der Waals surface area contributed by atoms with Crippen LogP contribution in [0.4, 0.5) is 4.39 Å². The third-order valence-electron chi connectivity index (χ3n) is 3.63. The minimum atomic E-state index is -2.13. The van der Waals surface area contributed by atoms with Crippen molar-refractivity contribution in [3.63, 3.8) is 0 Å². The first-order chi connectivity index (χ1) is 9.38. The van der Waals surface area contributed by atoms with Crippen molar-refractivity contribution in [1.29, 1.82) is 0 Å². The van der Waals surface area contributed by atoms with Gasteiger partial charge in [0.25, 0.3) is 11.4 Å². The predicted octanol–water partition coefficient (Wildman–Crippen LogP) is 0.350. The van der Waals surface area contributed by atoms with E-state index < -0.39 is 42.2 Å². The van der Waals surface area contributed by atoms with Crippen LogP contribution in [0.3, 0.4) is 0 Å². The van der Waals surface area contributed by atoms with Gasteiger partial charge in [-0.2, -0.15) is 4.98 Å². The van der Waals surface area contributed by atoms with Crippen LogP contribution in [-0.4, -0.2) is 40.0 Å². The molecule has 4 heterocycles. The summed E-state index contributed by atoms with van der Waals surface area (Å²) in [6.45, 7) is 3.03. The lowest BCUT2D eigenvalue weighted by Crippen LogP contribution is -2.44. The van der Waals surface area contributed by atoms with Crippen LogP contribution in [0, 0.1) is 0 Å². The van der Waals surface area contributed by atoms with Crippen LogP contribution < -0.4 is 10.3 Å². The fraction of sp³-hybridized carbons (Fsp3) is 0.667. The van der Waals surface area contributed by atoms with E-state index in [0.717, 1.165) is 0 Å². The van der Waals surface area contributed by atoms with Gasteiger partial charge in [-0.1, -0.05) is 0 Å². The van der Waals surface area contributed by atoms with Gasteiger partial charge in [0.1, 0.15) is 6.10 Å². The highest BCUT2D eigenvalue weighted by molar-refractivity contribution is 5.10. The number of rotatable bonds is 0. The van der Waals surface area contributed by atoms with E-state index in [2.05, 4.69) is 4.98 Å². The molecule has 7 nitrogen and oxygen atoms in total. The highest BCUT2D eigenvalue weighted by Gasteiger charge is 2.66. The zero-order valence-electron chi connectivity index (χ0n) is 10.9. The smallest absolute Gasteiger partial charge is 0.302 e. The third kappa shape index (κ3) is 1.55. The topological polar surface area (TPSA) is 71.8 Å². The van der Waals surface area contributed by atoms with Gasteiger partial charge >= 0.3 is 6.01 Å². The van der Waals surface area contributed by atoms with Crippen molar-refractivity contribution in [3.05, 3.63) is 22.6 Å². The van der Waals surface area contributed by atoms with Gasteiger partial charge < -0.3 is 18.9 Å². The number of aromatic nitrogens is 2. The van der Waals surface area contributed by atoms with Gasteiger partial charge in [0.2, 0.25) is 0 Å². The molecule has 4 unspecified atom stereocenters. The maximum Gasteiger partial charge on any atom is 0.302 e. The van der Waals surface area contributed by atoms with E-state index in [1.807, 2.05) is 0 Å². The predicted molar refractivity (Wildman–Crippen MR) is 61.8 cm³/mol. The number of ether oxygens (including phenoxy) is 4. The molecule has 3 aliphatic rings. The van der Waals surface area contributed by atoms with E-state index >= 15 is 0 Å². The number of hydrogen-bond acceptors (Lipinski definition) is 6. The molecule has 20 heavy (non-hydrogen) atoms. The van der Waals surface area contributed by atoms with Crippen molar-refractivity contribution in [3.8, 4) is 6.01 Å². The van der Waals surface area contributed by atoms with E-state index in [9.17, 15) is 9.18 Å². The largest absolute Gasteiger partial charge is 0.458 e. The second-order valence-corrected chi connectivity index (χ2v) is 5.56. The second kappa shape index (κ2) is 3.57. The summed E-state index contributed by atoms with van der Waals surface area (Å²) in [4.78, 5) is 15.0. The van der Waals surface area contributed by atoms with Gasteiger partial charge in [0.15, 0.2) is 24.7 Å². The molecule has 0 aliphatic carbocycles. The summed E-state index contributed by atoms with van der Waals surface area (Å²) in [7, 11) is 0. The quantitative estimate of drug-likeness (QED) is 0.684. The van der Waals surface area contributed by atoms with E-state index in [0.29, 0.717) is 0 Å². The molecule has 2 saturated heterocycles. The van der Waals surface area contributed by atoms with E-state index in [4.69, 9.17) is 18.9 Å². The summed E-state index contributed by atoms with van der Waals surface area (Å²) in [5.74, 6) is -3.02. The van der Waals surface area contributed by atoms with Crippen LogP contribution in [0.1, 0.15) is 20.1 Å². The van der Waals surface area contributed by atoms with Crippen molar-refractivity contribution >= 4 is 0 Å². The highest BCUT2D eigenvalue weighted by atomic mass is 19.2. The molecule has 3 aliphatic heterocycles. The van der Waals surface area contributed by atoms with Crippen LogP contribution >= 0.6 is 0 Å². The van der Waals surface area contributed by atoms with Crippen molar-refractivity contribution in [2.75, 3.05) is 6.61 Å². The Morgan fingerprint density at radius 3 is 3.00 bits per heavy atom. The number of alkyl halides is 1. The molecular weight excluding hydrogens is 271 g/mol. The first-order valence-corrected chi connectivity index (χ1v) is 6.32. The minimum absolute atomic E-state index is 0.0220. The van der Waals surface area contributed by atoms with Crippen LogP contribution in [0.15, 0.2) is 17.1 Å². The molecule has 2 bridgehead atoms. The number of hydrogen-bond donors (Lipinski definition) is 0. The number of fused-ring (bicyclic) bond motifs is 7. The average Bonchev–Trinajstić information content (AvgIpc) is 2.75. The Balaban J connectivity index is 1.83. The summed E-state index contributed by atoms with van der Waals surface area (Å²) in [5.41, 5.74) is -0.456. The number of nitrogens with zero attached hydrogens (tertiary/aromatic N) is 2. The summed E-state index contributed by atoms with van der Waals surface area (Å²) < 4.78 is 38.3. The molecular formula is C12H13FN2O5. The van der Waals surface area contributed by atoms with Crippen LogP contribution in [0.5, 0.6) is 6.01 Å². The molecule has 4 atom stereocenters. The molecule has 0 saturated carbocycles. The molecule has 4 rings (SSSR count). The molecule has 0 N–H and O–H groups in total. The molecule has 1 aromatic heterocycles. The van der Waals surface area contributed by atoms with Gasteiger partial charge in [-0.15, -0.1) is 0 Å². The van der Waals surface area contributed by atoms with Crippen molar-refractivity contribution in [1.82, 2.24) is 9.55 Å². The molecule has 0 spiro atoms. The van der Waals surface area contributed by atoms with Crippen LogP contribution in [0.2, 0.25) is 0 Å². The van der Waals surface area contributed by atoms with Gasteiger partial charge in [0.05, 0.1) is 0 Å². The zero-order chi connectivity index (χ0) is 14.1. The highest BCUT2D eigenvalue weighted by Crippen LogP contribution is 2.50. The second-order valence-electron chi connectivity index (χ2n) is 5.56. The van der Waals surface area contributed by atoms with Crippen molar-refractivity contribution in [2.45, 2.75) is 43.9 Å². The lowest BCUT2D eigenvalue weighted by atomic mass is 10.1. The molecule has 8 heteroatoms. The summed E-state index contributed by atoms with van der Waals surface area (Å²) in [6.07, 6.45) is -0.826. The van der Waals surface area contributed by atoms with Crippen molar-refractivity contribution < 1.29 is 23.3 Å². The SMILES string of the molecule is CC1(C)OC2C3OC(F)(COc4nc(=O)ccn43)C2O1. The third-order valence-corrected chi connectivity index (χ3v) is 3.63. The molecule has 1 aromatic rings. The molecule has 2 fully saturated rings. The first kappa shape index (κ1) is 12.2. The fourth-order valence-electron chi connectivity index (χ4n) is 2.86. The lowest BCUT2D eigenvalue weighted by Gasteiger charge is -2.25. The van der Waals surface area contributed by atoms with Gasteiger partial charge in [0, 0.05) is 12.3 Å². The Hall–Kier alpha value is -1.51. The monoisotopic (exact) mass is 284 g/mol. The normalized spacial score (nSPS) is 40.6. The van der Waals surface area contributed by atoms with Gasteiger partial charge in [-0.3, -0.25) is 9.36 Å². The molecule has 108 valence electrons.